The average Bonchev–Trinajstić information content (AvgIpc) is 2.95. The van der Waals surface area contributed by atoms with Gasteiger partial charge in [-0.1, -0.05) is 6.92 Å². The van der Waals surface area contributed by atoms with Gasteiger partial charge >= 0.3 is 0 Å². The van der Waals surface area contributed by atoms with Crippen LogP contribution in [0.1, 0.15) is 13.3 Å². The van der Waals surface area contributed by atoms with Crippen LogP contribution in [0.25, 0.3) is 0 Å². The fourth-order valence-electron chi connectivity index (χ4n) is 2.68. The summed E-state index contributed by atoms with van der Waals surface area (Å²) in [6.45, 7) is 3.36. The number of likely N-dealkylation sites (tertiary alicyclic amines) is 1. The van der Waals surface area contributed by atoms with Crippen LogP contribution in [0.15, 0.2) is 29.2 Å². The number of hydrogen-bond acceptors (Lipinski definition) is 4. The SMILES string of the molecule is C[C@@H](CS(=O)(=O)c1ccc(F)cc1)C(=O)N1CC[C@H](CN)C1. The Morgan fingerprint density at radius 3 is 2.59 bits per heavy atom. The Morgan fingerprint density at radius 2 is 2.05 bits per heavy atom. The molecule has 5 nitrogen and oxygen atoms in total. The highest BCUT2D eigenvalue weighted by Crippen LogP contribution is 2.20. The lowest BCUT2D eigenvalue weighted by Gasteiger charge is -2.21. The minimum Gasteiger partial charge on any atom is -0.342 e. The largest absolute Gasteiger partial charge is 0.342 e. The highest BCUT2D eigenvalue weighted by molar-refractivity contribution is 7.91. The van der Waals surface area contributed by atoms with E-state index in [4.69, 9.17) is 5.73 Å². The Balaban J connectivity index is 2.03. The smallest absolute Gasteiger partial charge is 0.226 e. The molecule has 2 rings (SSSR count). The molecule has 2 N–H and O–H groups in total. The van der Waals surface area contributed by atoms with E-state index >= 15 is 0 Å². The van der Waals surface area contributed by atoms with Gasteiger partial charge in [0.2, 0.25) is 5.91 Å². The van der Waals surface area contributed by atoms with Crippen molar-refractivity contribution in [1.29, 1.82) is 0 Å². The van der Waals surface area contributed by atoms with Gasteiger partial charge in [-0.05, 0) is 43.1 Å². The van der Waals surface area contributed by atoms with Gasteiger partial charge in [0, 0.05) is 19.0 Å². The van der Waals surface area contributed by atoms with E-state index in [-0.39, 0.29) is 16.6 Å². The quantitative estimate of drug-likeness (QED) is 0.819. The van der Waals surface area contributed by atoms with Gasteiger partial charge in [0.25, 0.3) is 0 Å². The van der Waals surface area contributed by atoms with Crippen molar-refractivity contribution < 1.29 is 17.6 Å². The van der Waals surface area contributed by atoms with E-state index in [0.29, 0.717) is 25.6 Å². The molecule has 1 aliphatic heterocycles. The first-order valence-corrected chi connectivity index (χ1v) is 8.96. The van der Waals surface area contributed by atoms with Gasteiger partial charge < -0.3 is 10.6 Å². The van der Waals surface area contributed by atoms with Gasteiger partial charge in [-0.15, -0.1) is 0 Å². The molecule has 1 aliphatic rings. The molecule has 1 heterocycles. The van der Waals surface area contributed by atoms with Gasteiger partial charge in [0.15, 0.2) is 9.84 Å². The lowest BCUT2D eigenvalue weighted by atomic mass is 10.1. The van der Waals surface area contributed by atoms with E-state index < -0.39 is 21.6 Å². The van der Waals surface area contributed by atoms with Crippen molar-refractivity contribution in [3.8, 4) is 0 Å². The zero-order chi connectivity index (χ0) is 16.3. The molecule has 1 amide bonds. The van der Waals surface area contributed by atoms with Crippen LogP contribution in [0.5, 0.6) is 0 Å². The highest BCUT2D eigenvalue weighted by Gasteiger charge is 2.31. The van der Waals surface area contributed by atoms with Crippen LogP contribution in [0, 0.1) is 17.7 Å². The summed E-state index contributed by atoms with van der Waals surface area (Å²) < 4.78 is 37.4. The molecule has 122 valence electrons. The van der Waals surface area contributed by atoms with E-state index in [9.17, 15) is 17.6 Å². The summed E-state index contributed by atoms with van der Waals surface area (Å²) in [6.07, 6.45) is 0.861. The Labute approximate surface area is 130 Å². The number of amides is 1. The second kappa shape index (κ2) is 6.75. The Bertz CT molecular complexity index is 631. The number of nitrogens with two attached hydrogens (primary N) is 1. The molecule has 0 aromatic heterocycles. The van der Waals surface area contributed by atoms with E-state index in [1.54, 1.807) is 11.8 Å². The van der Waals surface area contributed by atoms with Crippen molar-refractivity contribution in [2.24, 2.45) is 17.6 Å². The Morgan fingerprint density at radius 1 is 1.41 bits per heavy atom. The molecule has 1 saturated heterocycles. The maximum atomic E-state index is 12.9. The van der Waals surface area contributed by atoms with Gasteiger partial charge in [-0.2, -0.15) is 0 Å². The molecule has 0 saturated carbocycles. The third-order valence-corrected chi connectivity index (χ3v) is 5.92. The number of nitrogens with zero attached hydrogens (tertiary/aromatic N) is 1. The molecule has 1 aromatic carbocycles. The fourth-order valence-corrected chi connectivity index (χ4v) is 4.22. The summed E-state index contributed by atoms with van der Waals surface area (Å²) in [5.41, 5.74) is 5.60. The third kappa shape index (κ3) is 3.84. The summed E-state index contributed by atoms with van der Waals surface area (Å²) >= 11 is 0. The van der Waals surface area contributed by atoms with Crippen molar-refractivity contribution in [3.05, 3.63) is 30.1 Å². The third-order valence-electron chi connectivity index (χ3n) is 3.99. The van der Waals surface area contributed by atoms with Crippen LogP contribution in [-0.2, 0) is 14.6 Å². The number of benzene rings is 1. The average molecular weight is 328 g/mol. The second-order valence-corrected chi connectivity index (χ2v) is 7.85. The van der Waals surface area contributed by atoms with E-state index in [1.807, 2.05) is 0 Å². The summed E-state index contributed by atoms with van der Waals surface area (Å²) in [5.74, 6) is -1.27. The molecule has 2 atom stereocenters. The molecule has 0 unspecified atom stereocenters. The van der Waals surface area contributed by atoms with E-state index in [2.05, 4.69) is 0 Å². The number of rotatable bonds is 5. The summed E-state index contributed by atoms with van der Waals surface area (Å²) in [5, 5.41) is 0. The van der Waals surface area contributed by atoms with Gasteiger partial charge in [0.05, 0.1) is 10.6 Å². The fraction of sp³-hybridized carbons (Fsp3) is 0.533. The number of carbonyl (C=O) groups is 1. The number of sulfone groups is 1. The monoisotopic (exact) mass is 328 g/mol. The molecule has 0 aliphatic carbocycles. The van der Waals surface area contributed by atoms with Crippen molar-refractivity contribution in [2.75, 3.05) is 25.4 Å². The minimum absolute atomic E-state index is 0.0369. The van der Waals surface area contributed by atoms with E-state index in [0.717, 1.165) is 18.6 Å². The summed E-state index contributed by atoms with van der Waals surface area (Å²) in [4.78, 5) is 14.1. The maximum Gasteiger partial charge on any atom is 0.226 e. The van der Waals surface area contributed by atoms with Crippen molar-refractivity contribution in [1.82, 2.24) is 4.90 Å². The van der Waals surface area contributed by atoms with Crippen LogP contribution in [0.4, 0.5) is 4.39 Å². The first kappa shape index (κ1) is 16.9. The zero-order valence-electron chi connectivity index (χ0n) is 12.5. The Hall–Kier alpha value is -1.47. The lowest BCUT2D eigenvalue weighted by Crippen LogP contribution is -2.36. The van der Waals surface area contributed by atoms with Crippen molar-refractivity contribution in [2.45, 2.75) is 18.2 Å². The first-order chi connectivity index (χ1) is 10.3. The second-order valence-electron chi connectivity index (χ2n) is 5.81. The Kier molecular flexibility index (Phi) is 5.18. The minimum atomic E-state index is -3.61. The molecular weight excluding hydrogens is 307 g/mol. The molecule has 0 spiro atoms. The standard InChI is InChI=1S/C15H21FN2O3S/c1-11(15(19)18-7-6-12(8-17)9-18)10-22(20,21)14-4-2-13(16)3-5-14/h2-5,11-12H,6-10,17H2,1H3/t11-,12+/m0/s1. The number of hydrogen-bond donors (Lipinski definition) is 1. The topological polar surface area (TPSA) is 80.5 Å². The molecule has 0 bridgehead atoms. The van der Waals surface area contributed by atoms with Gasteiger partial charge in [-0.25, -0.2) is 12.8 Å². The molecule has 1 fully saturated rings. The van der Waals surface area contributed by atoms with Crippen LogP contribution in [0.3, 0.4) is 0 Å². The maximum absolute atomic E-state index is 12.9. The van der Waals surface area contributed by atoms with Crippen LogP contribution in [0.2, 0.25) is 0 Å². The van der Waals surface area contributed by atoms with Crippen molar-refractivity contribution in [3.63, 3.8) is 0 Å². The molecule has 1 aromatic rings. The highest BCUT2D eigenvalue weighted by atomic mass is 32.2. The zero-order valence-corrected chi connectivity index (χ0v) is 13.4. The number of halogens is 1. The van der Waals surface area contributed by atoms with Crippen LogP contribution in [-0.4, -0.2) is 44.6 Å². The molecule has 0 radical (unpaired) electrons. The first-order valence-electron chi connectivity index (χ1n) is 7.30. The predicted molar refractivity (Wildman–Crippen MR) is 81.4 cm³/mol. The summed E-state index contributed by atoms with van der Waals surface area (Å²) in [6, 6.07) is 4.65. The van der Waals surface area contributed by atoms with Gasteiger partial charge in [-0.3, -0.25) is 4.79 Å². The number of carbonyl (C=O) groups excluding carboxylic acids is 1. The van der Waals surface area contributed by atoms with Crippen molar-refractivity contribution >= 4 is 15.7 Å². The summed E-state index contributed by atoms with van der Waals surface area (Å²) in [7, 11) is -3.61. The van der Waals surface area contributed by atoms with E-state index in [1.165, 1.54) is 12.1 Å². The van der Waals surface area contributed by atoms with Crippen LogP contribution < -0.4 is 5.73 Å². The molecule has 22 heavy (non-hydrogen) atoms. The lowest BCUT2D eigenvalue weighted by molar-refractivity contribution is -0.133. The van der Waals surface area contributed by atoms with Crippen LogP contribution >= 0.6 is 0 Å². The van der Waals surface area contributed by atoms with Gasteiger partial charge in [0.1, 0.15) is 5.82 Å². The normalized spacial score (nSPS) is 20.1. The molecular formula is C15H21FN2O3S. The molecule has 7 heteroatoms. The predicted octanol–water partition coefficient (Wildman–Crippen LogP) is 1.04.